The van der Waals surface area contributed by atoms with E-state index in [1.165, 1.54) is 17.7 Å². The highest BCUT2D eigenvalue weighted by Gasteiger charge is 2.30. The summed E-state index contributed by atoms with van der Waals surface area (Å²) in [6.45, 7) is 21.8. The summed E-state index contributed by atoms with van der Waals surface area (Å²) in [5.41, 5.74) is 18.3. The number of phenolic OH excluding ortho intramolecular Hbond substituents is 12. The summed E-state index contributed by atoms with van der Waals surface area (Å²) in [6.07, 6.45) is 8.64. The molecule has 0 saturated heterocycles. The maximum absolute atomic E-state index is 9.85. The first kappa shape index (κ1) is 76.9. The van der Waals surface area contributed by atoms with Crippen LogP contribution in [0.4, 0.5) is 17.1 Å². The van der Waals surface area contributed by atoms with Crippen molar-refractivity contribution in [1.82, 2.24) is 0 Å². The Hall–Kier alpha value is -16.1. The van der Waals surface area contributed by atoms with E-state index in [1.807, 2.05) is 78.9 Å². The molecule has 20 aromatic rings. The highest BCUT2D eigenvalue weighted by Crippen LogP contribution is 2.51. The van der Waals surface area contributed by atoms with E-state index in [2.05, 4.69) is 30.5 Å². The molecule has 0 unspecified atom stereocenters. The lowest BCUT2D eigenvalue weighted by Crippen LogP contribution is -2.01. The third kappa shape index (κ3) is 13.9. The fourth-order valence-corrected chi connectivity index (χ4v) is 18.0. The van der Waals surface area contributed by atoms with E-state index in [1.54, 1.807) is 127 Å². The second kappa shape index (κ2) is 30.7. The molecule has 4 aliphatic carbocycles. The molecule has 14 aromatic carbocycles. The van der Waals surface area contributed by atoms with Gasteiger partial charge in [-0.15, -0.1) is 0 Å². The predicted molar refractivity (Wildman–Crippen MR) is 474 cm³/mol. The monoisotopic (exact) mass is 1690 g/mol. The first-order chi connectivity index (χ1) is 59.6. The summed E-state index contributed by atoms with van der Waals surface area (Å²) in [6, 6.07) is 62.4. The largest absolute Gasteiger partial charge is 0.519 e. The fourth-order valence-electron chi connectivity index (χ4n) is 17.5. The maximum atomic E-state index is 9.85. The lowest BCUT2D eigenvalue weighted by molar-refractivity contribution is 0.473. The van der Waals surface area contributed by atoms with E-state index < -0.39 is 0 Å². The Morgan fingerprint density at radius 3 is 1.11 bits per heavy atom. The number of benzene rings is 14. The van der Waals surface area contributed by atoms with Crippen molar-refractivity contribution in [2.75, 3.05) is 0 Å². The second-order valence-electron chi connectivity index (χ2n) is 30.6. The van der Waals surface area contributed by atoms with Gasteiger partial charge in [0.15, 0.2) is 0 Å². The SMILES string of the molecule is Oc1ccc2c(c1)CCc1c-2oc2cc(O)ccc12.Oc1ccc2c(c1)oc1c3ccc(O)cc3c(Br)cc21.Oc1ccc2c(ccc3c4ccc(O)cc4oc23)c1.[C-]#[N+]c1c(O)ccc2c3c(oc12)-c1ccc(O)cc1CCC3.[C-]#[N+]c1cc(O)cc2c3c(oc12)-c1ccc(O)cc1CC3.[C-]#[N+]c1cc(O)cc2c3c(oc12)-c1ccc(O)cc1CCC3. The van der Waals surface area contributed by atoms with Crippen LogP contribution in [0.5, 0.6) is 69.0 Å². The minimum Gasteiger partial charge on any atom is -0.519 e. The van der Waals surface area contributed by atoms with E-state index >= 15 is 0 Å². The lowest BCUT2D eigenvalue weighted by atomic mass is 9.89. The highest BCUT2D eigenvalue weighted by molar-refractivity contribution is 9.10. The number of aryl methyl sites for hydroxylation is 8. The Labute approximate surface area is 705 Å². The van der Waals surface area contributed by atoms with Gasteiger partial charge in [-0.05, 0) is 286 Å². The molecule has 21 nitrogen and oxygen atoms in total. The van der Waals surface area contributed by atoms with Crippen LogP contribution < -0.4 is 0 Å². The van der Waals surface area contributed by atoms with E-state index in [4.69, 9.17) is 46.2 Å². The molecule has 0 fully saturated rings. The summed E-state index contributed by atoms with van der Waals surface area (Å²) in [7, 11) is 0. The van der Waals surface area contributed by atoms with Crippen LogP contribution in [0.2, 0.25) is 0 Å². The van der Waals surface area contributed by atoms with Gasteiger partial charge >= 0.3 is 0 Å². The molecule has 602 valence electrons. The van der Waals surface area contributed by atoms with Gasteiger partial charge < -0.3 is 87.8 Å². The molecule has 6 heterocycles. The molecule has 0 saturated carbocycles. The molecule has 0 radical (unpaired) electrons. The van der Waals surface area contributed by atoms with Crippen molar-refractivity contribution < 1.29 is 87.8 Å². The molecule has 4 aliphatic rings. The van der Waals surface area contributed by atoms with Gasteiger partial charge in [0.25, 0.3) is 5.69 Å². The molecular weight excluding hydrogens is 1620 g/mol. The average molecular weight is 1690 g/mol. The maximum Gasteiger partial charge on any atom is 0.269 e. The lowest BCUT2D eigenvalue weighted by Gasteiger charge is -2.15. The number of aromatic hydroxyl groups is 12. The standard InChI is InChI=1S/2C18H13NO3.C17H11NO3.C16H9BrO3.C16H12O3.C16H10O3/c1-19-16-9-12(21)8-15-14-4-2-3-10-7-11(20)5-6-13(10)17(14)22-18(15)16;1-19-16-15(21)8-7-14-13-4-2-3-10-9-11(20)5-6-12(10)17(13)22-18(14)16;1-18-15-8-11(20)7-14-13-4-2-9-6-10(19)3-5-12(9)16(13)21-17(14)15;17-14-7-13-10-3-1-9(19)6-15(10)20-16(13)11-4-2-8(18)5-12(11)14;2*17-10-2-5-12-9(7-10)1-4-14-13-6-3-11(18)8-15(13)19-16(12)14/h2*5-9,20-21H,2-4H2;3,5-8,19-20H,2,4H2;1-7,18-19H;2-3,5-8,17-18H,1,4H2;1-8,17-18H. The second-order valence-corrected chi connectivity index (χ2v) is 31.5. The number of furan rings is 6. The van der Waals surface area contributed by atoms with Crippen LogP contribution in [0.25, 0.3) is 169 Å². The average Bonchev–Trinajstić information content (AvgIpc) is 1.35. The van der Waals surface area contributed by atoms with E-state index in [0.29, 0.717) is 44.9 Å². The van der Waals surface area contributed by atoms with Crippen molar-refractivity contribution >= 4 is 142 Å². The van der Waals surface area contributed by atoms with Gasteiger partial charge in [0.05, 0.1) is 19.7 Å². The number of phenols is 12. The van der Waals surface area contributed by atoms with Crippen LogP contribution in [0.1, 0.15) is 57.3 Å². The zero-order valence-corrected chi connectivity index (χ0v) is 66.5. The van der Waals surface area contributed by atoms with Crippen molar-refractivity contribution in [3.8, 4) is 114 Å². The third-order valence-corrected chi connectivity index (χ3v) is 23.7. The van der Waals surface area contributed by atoms with Crippen LogP contribution in [0.3, 0.4) is 0 Å². The van der Waals surface area contributed by atoms with Gasteiger partial charge in [-0.2, -0.15) is 0 Å². The topological polar surface area (TPSA) is 335 Å². The van der Waals surface area contributed by atoms with Crippen molar-refractivity contribution in [1.29, 1.82) is 0 Å². The van der Waals surface area contributed by atoms with Crippen molar-refractivity contribution in [2.24, 2.45) is 0 Å². The number of hydrogen-bond donors (Lipinski definition) is 12. The summed E-state index contributed by atoms with van der Waals surface area (Å²) in [5, 5.41) is 127. The normalized spacial score (nSPS) is 12.6. The third-order valence-electron chi connectivity index (χ3n) is 23.0. The van der Waals surface area contributed by atoms with Crippen LogP contribution in [-0.2, 0) is 51.4 Å². The number of hydrogen-bond acceptors (Lipinski definition) is 18. The zero-order valence-electron chi connectivity index (χ0n) is 64.9. The molecule has 0 atom stereocenters. The first-order valence-electron chi connectivity index (χ1n) is 39.3. The van der Waals surface area contributed by atoms with E-state index in [9.17, 15) is 61.3 Å². The molecule has 0 amide bonds. The summed E-state index contributed by atoms with van der Waals surface area (Å²) < 4.78 is 36.4. The Morgan fingerprint density at radius 2 is 0.602 bits per heavy atom. The molecule has 0 spiro atoms. The number of halogens is 1. The molecular formula is C101H68BrN3O18. The highest BCUT2D eigenvalue weighted by atomic mass is 79.9. The quantitative estimate of drug-likeness (QED) is 0.0628. The van der Waals surface area contributed by atoms with Crippen LogP contribution in [-0.4, -0.2) is 61.3 Å². The van der Waals surface area contributed by atoms with Gasteiger partial charge in [0.2, 0.25) is 11.4 Å². The molecule has 6 aromatic heterocycles. The van der Waals surface area contributed by atoms with Crippen molar-refractivity contribution in [3.63, 3.8) is 0 Å². The Morgan fingerprint density at radius 1 is 0.244 bits per heavy atom. The summed E-state index contributed by atoms with van der Waals surface area (Å²) >= 11 is 3.53. The zero-order chi connectivity index (χ0) is 84.9. The summed E-state index contributed by atoms with van der Waals surface area (Å²) in [4.78, 5) is 10.3. The minimum absolute atomic E-state index is 0.0580. The number of rotatable bonds is 0. The van der Waals surface area contributed by atoms with E-state index in [0.717, 1.165) is 229 Å². The van der Waals surface area contributed by atoms with Crippen LogP contribution in [0.15, 0.2) is 249 Å². The first-order valence-corrected chi connectivity index (χ1v) is 40.1. The molecule has 12 N–H and O–H groups in total. The van der Waals surface area contributed by atoms with Gasteiger partial charge in [0, 0.05) is 126 Å². The Balaban J connectivity index is 0.0000000971. The van der Waals surface area contributed by atoms with Gasteiger partial charge in [-0.25, -0.2) is 14.5 Å². The minimum atomic E-state index is -0.0580. The molecule has 22 heteroatoms. The molecule has 123 heavy (non-hydrogen) atoms. The predicted octanol–water partition coefficient (Wildman–Crippen LogP) is 25.9. The molecule has 0 aliphatic heterocycles. The Kier molecular flexibility index (Phi) is 19.2. The Bertz CT molecular complexity index is 7910. The van der Waals surface area contributed by atoms with Crippen molar-refractivity contribution in [2.45, 2.75) is 64.2 Å². The van der Waals surface area contributed by atoms with Gasteiger partial charge in [-0.1, -0.05) is 22.0 Å². The van der Waals surface area contributed by atoms with Gasteiger partial charge in [0.1, 0.15) is 137 Å². The van der Waals surface area contributed by atoms with Crippen LogP contribution in [0, 0.1) is 19.7 Å². The molecule has 0 bridgehead atoms. The number of fused-ring (bicyclic) bond motifs is 30. The summed E-state index contributed by atoms with van der Waals surface area (Å²) in [5.74, 6) is 5.25. The van der Waals surface area contributed by atoms with Crippen LogP contribution >= 0.6 is 15.9 Å². The van der Waals surface area contributed by atoms with E-state index in [-0.39, 0.29) is 74.7 Å². The van der Waals surface area contributed by atoms with Crippen molar-refractivity contribution in [3.05, 3.63) is 302 Å². The number of nitrogens with zero attached hydrogens (tertiary/aromatic N) is 3. The fraction of sp³-hybridized carbons (Fsp3) is 0.0990. The smallest absolute Gasteiger partial charge is 0.269 e. The molecule has 24 rings (SSSR count). The van der Waals surface area contributed by atoms with Gasteiger partial charge in [-0.3, -0.25) is 0 Å².